The van der Waals surface area contributed by atoms with Crippen LogP contribution < -0.4 is 10.1 Å². The lowest BCUT2D eigenvalue weighted by Gasteiger charge is -2.19. The molecule has 3 aromatic rings. The number of benzene rings is 1. The fourth-order valence-corrected chi connectivity index (χ4v) is 5.75. The van der Waals surface area contributed by atoms with Crippen LogP contribution in [0.1, 0.15) is 55.6 Å². The van der Waals surface area contributed by atoms with E-state index in [0.717, 1.165) is 12.8 Å². The lowest BCUT2D eigenvalue weighted by molar-refractivity contribution is 0.102. The SMILES string of the molecule is CCOc1ccc(NC(=O)c2cnn(-c3ccccn3)c2C(C)C)cc1S(=O)(=O)N1CCCC1. The molecule has 2 aromatic heterocycles. The van der Waals surface area contributed by atoms with Crippen molar-refractivity contribution in [3.8, 4) is 11.6 Å². The zero-order chi connectivity index (χ0) is 24.3. The Morgan fingerprint density at radius 1 is 1.18 bits per heavy atom. The Balaban J connectivity index is 1.67. The van der Waals surface area contributed by atoms with Gasteiger partial charge in [0.25, 0.3) is 5.91 Å². The molecule has 3 heterocycles. The Hall–Kier alpha value is -3.24. The van der Waals surface area contributed by atoms with E-state index in [9.17, 15) is 13.2 Å². The van der Waals surface area contributed by atoms with Crippen LogP contribution in [0.3, 0.4) is 0 Å². The van der Waals surface area contributed by atoms with E-state index in [0.29, 0.717) is 42.5 Å². The van der Waals surface area contributed by atoms with Gasteiger partial charge in [0.1, 0.15) is 10.6 Å². The molecule has 1 saturated heterocycles. The third kappa shape index (κ3) is 4.69. The number of anilines is 1. The highest BCUT2D eigenvalue weighted by atomic mass is 32.2. The van der Waals surface area contributed by atoms with Crippen LogP contribution in [0.4, 0.5) is 5.69 Å². The van der Waals surface area contributed by atoms with Crippen molar-refractivity contribution in [3.05, 3.63) is 60.0 Å². The topological polar surface area (TPSA) is 106 Å². The van der Waals surface area contributed by atoms with E-state index in [2.05, 4.69) is 15.4 Å². The number of pyridine rings is 1. The molecule has 1 amide bonds. The molecule has 9 nitrogen and oxygen atoms in total. The predicted molar refractivity (Wildman–Crippen MR) is 129 cm³/mol. The van der Waals surface area contributed by atoms with Gasteiger partial charge in [-0.1, -0.05) is 19.9 Å². The van der Waals surface area contributed by atoms with Crippen molar-refractivity contribution < 1.29 is 17.9 Å². The average molecular weight is 484 g/mol. The summed E-state index contributed by atoms with van der Waals surface area (Å²) in [6.07, 6.45) is 4.84. The highest BCUT2D eigenvalue weighted by Crippen LogP contribution is 2.32. The number of carbonyl (C=O) groups excluding carboxylic acids is 1. The normalized spacial score (nSPS) is 14.5. The van der Waals surface area contributed by atoms with E-state index in [-0.39, 0.29) is 22.5 Å². The second-order valence-corrected chi connectivity index (χ2v) is 10.3. The summed E-state index contributed by atoms with van der Waals surface area (Å²) < 4.78 is 35.2. The molecule has 1 N–H and O–H groups in total. The Labute approximate surface area is 199 Å². The monoisotopic (exact) mass is 483 g/mol. The molecule has 34 heavy (non-hydrogen) atoms. The van der Waals surface area contributed by atoms with Crippen LogP contribution in [-0.2, 0) is 10.0 Å². The first kappa shape index (κ1) is 23.9. The first-order valence-corrected chi connectivity index (χ1v) is 12.8. The van der Waals surface area contributed by atoms with Gasteiger partial charge in [0.05, 0.1) is 24.1 Å². The van der Waals surface area contributed by atoms with Gasteiger partial charge in [-0.15, -0.1) is 0 Å². The maximum Gasteiger partial charge on any atom is 0.259 e. The molecule has 180 valence electrons. The van der Waals surface area contributed by atoms with Crippen molar-refractivity contribution in [2.24, 2.45) is 0 Å². The molecule has 1 aromatic carbocycles. The number of aromatic nitrogens is 3. The zero-order valence-corrected chi connectivity index (χ0v) is 20.4. The van der Waals surface area contributed by atoms with Crippen LogP contribution >= 0.6 is 0 Å². The van der Waals surface area contributed by atoms with Crippen molar-refractivity contribution >= 4 is 21.6 Å². The van der Waals surface area contributed by atoms with Gasteiger partial charge in [-0.2, -0.15) is 9.40 Å². The molecular formula is C24H29N5O4S. The lowest BCUT2D eigenvalue weighted by Crippen LogP contribution is -2.28. The number of hydrogen-bond donors (Lipinski definition) is 1. The van der Waals surface area contributed by atoms with Crippen LogP contribution in [0.5, 0.6) is 5.75 Å². The largest absolute Gasteiger partial charge is 0.492 e. The standard InChI is InChI=1S/C24H29N5O4S/c1-4-33-20-11-10-18(15-21(20)34(31,32)28-13-7-8-14-28)27-24(30)19-16-26-29(23(19)17(2)3)22-9-5-6-12-25-22/h5-6,9-12,15-17H,4,7-8,13-14H2,1-3H3,(H,27,30). The summed E-state index contributed by atoms with van der Waals surface area (Å²) in [6, 6.07) is 10.2. The van der Waals surface area contributed by atoms with E-state index in [4.69, 9.17) is 4.74 Å². The van der Waals surface area contributed by atoms with Gasteiger partial charge in [-0.25, -0.2) is 18.1 Å². The van der Waals surface area contributed by atoms with Crippen LogP contribution in [0.15, 0.2) is 53.7 Å². The van der Waals surface area contributed by atoms with Crippen LogP contribution in [0, 0.1) is 0 Å². The van der Waals surface area contributed by atoms with Gasteiger partial charge in [-0.3, -0.25) is 4.79 Å². The summed E-state index contributed by atoms with van der Waals surface area (Å²) in [6.45, 7) is 7.05. The predicted octanol–water partition coefficient (Wildman–Crippen LogP) is 3.83. The maximum absolute atomic E-state index is 13.3. The Morgan fingerprint density at radius 2 is 1.94 bits per heavy atom. The molecule has 0 unspecified atom stereocenters. The van der Waals surface area contributed by atoms with E-state index >= 15 is 0 Å². The van der Waals surface area contributed by atoms with Crippen molar-refractivity contribution in [3.63, 3.8) is 0 Å². The number of hydrogen-bond acceptors (Lipinski definition) is 6. The number of sulfonamides is 1. The van der Waals surface area contributed by atoms with Gasteiger partial charge < -0.3 is 10.1 Å². The molecule has 10 heteroatoms. The van der Waals surface area contributed by atoms with Crippen molar-refractivity contribution in [2.75, 3.05) is 25.0 Å². The van der Waals surface area contributed by atoms with Crippen molar-refractivity contribution in [1.82, 2.24) is 19.1 Å². The summed E-state index contributed by atoms with van der Waals surface area (Å²) in [5, 5.41) is 7.23. The minimum Gasteiger partial charge on any atom is -0.492 e. The van der Waals surface area contributed by atoms with Gasteiger partial charge in [-0.05, 0) is 56.0 Å². The van der Waals surface area contributed by atoms with Gasteiger partial charge in [0, 0.05) is 25.0 Å². The van der Waals surface area contributed by atoms with E-state index in [1.54, 1.807) is 29.9 Å². The molecule has 0 radical (unpaired) electrons. The minimum absolute atomic E-state index is 0.00306. The average Bonchev–Trinajstić information content (AvgIpc) is 3.52. The maximum atomic E-state index is 13.3. The number of amides is 1. The summed E-state index contributed by atoms with van der Waals surface area (Å²) in [5.41, 5.74) is 1.48. The number of carbonyl (C=O) groups is 1. The Morgan fingerprint density at radius 3 is 2.59 bits per heavy atom. The second kappa shape index (κ2) is 9.94. The number of nitrogens with zero attached hydrogens (tertiary/aromatic N) is 4. The molecule has 0 spiro atoms. The fraction of sp³-hybridized carbons (Fsp3) is 0.375. The molecule has 0 atom stereocenters. The fourth-order valence-electron chi connectivity index (χ4n) is 4.08. The second-order valence-electron chi connectivity index (χ2n) is 8.36. The molecule has 1 fully saturated rings. The molecular weight excluding hydrogens is 454 g/mol. The molecule has 0 bridgehead atoms. The smallest absolute Gasteiger partial charge is 0.259 e. The molecule has 1 aliphatic heterocycles. The molecule has 0 saturated carbocycles. The quantitative estimate of drug-likeness (QED) is 0.522. The Bertz CT molecular complexity index is 1270. The minimum atomic E-state index is -3.74. The summed E-state index contributed by atoms with van der Waals surface area (Å²) in [7, 11) is -3.74. The van der Waals surface area contributed by atoms with Crippen molar-refractivity contribution in [2.45, 2.75) is 44.4 Å². The Kier molecular flexibility index (Phi) is 6.99. The lowest BCUT2D eigenvalue weighted by atomic mass is 10.1. The number of nitrogens with one attached hydrogen (secondary N) is 1. The first-order chi connectivity index (χ1) is 16.3. The summed E-state index contributed by atoms with van der Waals surface area (Å²) in [4.78, 5) is 17.6. The van der Waals surface area contributed by atoms with Gasteiger partial charge in [0.2, 0.25) is 10.0 Å². The summed E-state index contributed by atoms with van der Waals surface area (Å²) in [5.74, 6) is 0.514. The van der Waals surface area contributed by atoms with Crippen LogP contribution in [0.25, 0.3) is 5.82 Å². The molecule has 4 rings (SSSR count). The van der Waals surface area contributed by atoms with Crippen LogP contribution in [0.2, 0.25) is 0 Å². The zero-order valence-electron chi connectivity index (χ0n) is 19.6. The number of rotatable bonds is 8. The molecule has 0 aliphatic carbocycles. The van der Waals surface area contributed by atoms with Crippen LogP contribution in [-0.4, -0.2) is 53.1 Å². The first-order valence-electron chi connectivity index (χ1n) is 11.4. The summed E-state index contributed by atoms with van der Waals surface area (Å²) >= 11 is 0. The van der Waals surface area contributed by atoms with E-state index in [1.807, 2.05) is 32.0 Å². The third-order valence-corrected chi connectivity index (χ3v) is 7.57. The molecule has 1 aliphatic rings. The van der Waals surface area contributed by atoms with E-state index < -0.39 is 10.0 Å². The van der Waals surface area contributed by atoms with Gasteiger partial charge >= 0.3 is 0 Å². The highest BCUT2D eigenvalue weighted by Gasteiger charge is 2.31. The third-order valence-electron chi connectivity index (χ3n) is 5.65. The van der Waals surface area contributed by atoms with E-state index in [1.165, 1.54) is 16.6 Å². The van der Waals surface area contributed by atoms with Crippen molar-refractivity contribution in [1.29, 1.82) is 0 Å². The van der Waals surface area contributed by atoms with Gasteiger partial charge in [0.15, 0.2) is 5.82 Å². The number of ether oxygens (including phenoxy) is 1. The highest BCUT2D eigenvalue weighted by molar-refractivity contribution is 7.89.